The summed E-state index contributed by atoms with van der Waals surface area (Å²) in [5.41, 5.74) is 3.51. The second-order valence-corrected chi connectivity index (χ2v) is 10.7. The standard InChI is InChI=1S/C20H19N5OS4/c1-3-8-21-15(26)10-28-19-24-25-20(30-19)29-18-16-14(9-27-17(16)22-11-23-18)13-6-4-12(2)5-7-13/h4-7,9,11H,3,8,10H2,1-2H3,(H,21,26). The topological polar surface area (TPSA) is 80.7 Å². The van der Waals surface area contributed by atoms with Crippen LogP contribution in [0.4, 0.5) is 0 Å². The van der Waals surface area contributed by atoms with Crippen molar-refractivity contribution in [2.75, 3.05) is 12.3 Å². The van der Waals surface area contributed by atoms with Crippen LogP contribution in [0.5, 0.6) is 0 Å². The van der Waals surface area contributed by atoms with Crippen molar-refractivity contribution in [3.63, 3.8) is 0 Å². The summed E-state index contributed by atoms with van der Waals surface area (Å²) in [5.74, 6) is 0.365. The molecule has 0 fully saturated rings. The molecule has 4 rings (SSSR count). The summed E-state index contributed by atoms with van der Waals surface area (Å²) >= 11 is 5.99. The molecule has 0 saturated carbocycles. The molecule has 4 aromatic rings. The van der Waals surface area contributed by atoms with E-state index in [2.05, 4.69) is 62.1 Å². The highest BCUT2D eigenvalue weighted by Gasteiger charge is 2.16. The lowest BCUT2D eigenvalue weighted by molar-refractivity contribution is -0.118. The molecule has 0 aliphatic rings. The second-order valence-electron chi connectivity index (χ2n) is 6.45. The summed E-state index contributed by atoms with van der Waals surface area (Å²) in [4.78, 5) is 21.7. The van der Waals surface area contributed by atoms with Crippen LogP contribution in [-0.4, -0.2) is 38.4 Å². The van der Waals surface area contributed by atoms with Gasteiger partial charge in [0.25, 0.3) is 0 Å². The normalized spacial score (nSPS) is 11.1. The summed E-state index contributed by atoms with van der Waals surface area (Å²) < 4.78 is 1.58. The molecule has 1 amide bonds. The first-order valence-corrected chi connectivity index (χ1v) is 12.8. The van der Waals surface area contributed by atoms with Crippen molar-refractivity contribution in [3.8, 4) is 11.1 Å². The quantitative estimate of drug-likeness (QED) is 0.275. The maximum Gasteiger partial charge on any atom is 0.230 e. The predicted molar refractivity (Wildman–Crippen MR) is 126 cm³/mol. The van der Waals surface area contributed by atoms with Crippen molar-refractivity contribution < 1.29 is 4.79 Å². The van der Waals surface area contributed by atoms with Crippen LogP contribution in [0.25, 0.3) is 21.3 Å². The third-order valence-corrected chi connectivity index (χ3v) is 8.17. The third-order valence-electron chi connectivity index (χ3n) is 4.17. The Morgan fingerprint density at radius 2 is 1.93 bits per heavy atom. The highest BCUT2D eigenvalue weighted by Crippen LogP contribution is 2.41. The van der Waals surface area contributed by atoms with Crippen molar-refractivity contribution in [3.05, 3.63) is 41.5 Å². The first-order chi connectivity index (χ1) is 14.6. The molecule has 0 atom stereocenters. The number of thioether (sulfide) groups is 1. The average molecular weight is 474 g/mol. The number of carbonyl (C=O) groups is 1. The summed E-state index contributed by atoms with van der Waals surface area (Å²) in [6.07, 6.45) is 2.52. The monoisotopic (exact) mass is 473 g/mol. The number of thiophene rings is 1. The van der Waals surface area contributed by atoms with Gasteiger partial charge >= 0.3 is 0 Å². The van der Waals surface area contributed by atoms with Crippen LogP contribution < -0.4 is 5.32 Å². The molecule has 10 heteroatoms. The number of rotatable bonds is 8. The SMILES string of the molecule is CCCNC(=O)CSc1nnc(Sc2ncnc3scc(-c4ccc(C)cc4)c23)s1. The number of hydrogen-bond acceptors (Lipinski definition) is 9. The number of nitrogens with zero attached hydrogens (tertiary/aromatic N) is 4. The molecule has 0 bridgehead atoms. The molecule has 1 aromatic carbocycles. The van der Waals surface area contributed by atoms with Crippen LogP contribution in [0.3, 0.4) is 0 Å². The molecule has 0 saturated heterocycles. The van der Waals surface area contributed by atoms with E-state index in [1.165, 1.54) is 40.4 Å². The molecule has 3 heterocycles. The fourth-order valence-corrected chi connectivity index (χ4v) is 6.54. The Balaban J connectivity index is 1.53. The number of aryl methyl sites for hydroxylation is 1. The molecule has 0 radical (unpaired) electrons. The molecule has 0 spiro atoms. The van der Waals surface area contributed by atoms with E-state index in [0.717, 1.165) is 41.5 Å². The summed E-state index contributed by atoms with van der Waals surface area (Å²) in [5, 5.41) is 15.4. The minimum atomic E-state index is 0.0183. The Morgan fingerprint density at radius 3 is 2.73 bits per heavy atom. The Bertz CT molecular complexity index is 1160. The highest BCUT2D eigenvalue weighted by molar-refractivity contribution is 8.03. The van der Waals surface area contributed by atoms with Gasteiger partial charge in [-0.2, -0.15) is 0 Å². The van der Waals surface area contributed by atoms with Gasteiger partial charge in [0.1, 0.15) is 16.2 Å². The van der Waals surface area contributed by atoms with E-state index < -0.39 is 0 Å². The van der Waals surface area contributed by atoms with E-state index in [1.807, 2.05) is 6.92 Å². The van der Waals surface area contributed by atoms with Gasteiger partial charge in [-0.15, -0.1) is 21.5 Å². The van der Waals surface area contributed by atoms with E-state index in [1.54, 1.807) is 17.7 Å². The van der Waals surface area contributed by atoms with Gasteiger partial charge in [-0.05, 0) is 30.7 Å². The maximum absolute atomic E-state index is 11.8. The zero-order valence-electron chi connectivity index (χ0n) is 16.4. The Morgan fingerprint density at radius 1 is 1.13 bits per heavy atom. The zero-order valence-corrected chi connectivity index (χ0v) is 19.7. The fourth-order valence-electron chi connectivity index (χ4n) is 2.69. The number of fused-ring (bicyclic) bond motifs is 1. The van der Waals surface area contributed by atoms with Crippen molar-refractivity contribution in [1.82, 2.24) is 25.5 Å². The number of carbonyl (C=O) groups excluding carboxylic acids is 1. The van der Waals surface area contributed by atoms with Gasteiger partial charge in [0, 0.05) is 17.5 Å². The summed E-state index contributed by atoms with van der Waals surface area (Å²) in [6, 6.07) is 8.48. The minimum Gasteiger partial charge on any atom is -0.355 e. The van der Waals surface area contributed by atoms with Crippen molar-refractivity contribution in [2.45, 2.75) is 34.0 Å². The fraction of sp³-hybridized carbons (Fsp3) is 0.250. The molecule has 0 aliphatic carbocycles. The molecule has 3 aromatic heterocycles. The van der Waals surface area contributed by atoms with Crippen LogP contribution in [0.1, 0.15) is 18.9 Å². The second kappa shape index (κ2) is 9.86. The van der Waals surface area contributed by atoms with Crippen LogP contribution in [0.15, 0.2) is 49.7 Å². The average Bonchev–Trinajstić information content (AvgIpc) is 3.39. The molecule has 154 valence electrons. The van der Waals surface area contributed by atoms with Crippen molar-refractivity contribution in [1.29, 1.82) is 0 Å². The van der Waals surface area contributed by atoms with Gasteiger partial charge in [-0.3, -0.25) is 4.79 Å². The van der Waals surface area contributed by atoms with E-state index >= 15 is 0 Å². The maximum atomic E-state index is 11.8. The van der Waals surface area contributed by atoms with Gasteiger partial charge in [-0.25, -0.2) is 9.97 Å². The van der Waals surface area contributed by atoms with E-state index in [0.29, 0.717) is 12.3 Å². The first-order valence-electron chi connectivity index (χ1n) is 9.34. The Hall–Kier alpha value is -2.01. The smallest absolute Gasteiger partial charge is 0.230 e. The largest absolute Gasteiger partial charge is 0.355 e. The van der Waals surface area contributed by atoms with Crippen molar-refractivity contribution >= 4 is 62.3 Å². The van der Waals surface area contributed by atoms with Crippen molar-refractivity contribution in [2.24, 2.45) is 0 Å². The minimum absolute atomic E-state index is 0.0183. The molecule has 0 aliphatic heterocycles. The van der Waals surface area contributed by atoms with Gasteiger partial charge in [-0.1, -0.05) is 59.9 Å². The zero-order chi connectivity index (χ0) is 20.9. The number of hydrogen-bond donors (Lipinski definition) is 1. The molecular formula is C20H19N5OS4. The van der Waals surface area contributed by atoms with Crippen LogP contribution in [0, 0.1) is 6.92 Å². The van der Waals surface area contributed by atoms with Gasteiger partial charge < -0.3 is 5.32 Å². The van der Waals surface area contributed by atoms with Gasteiger partial charge in [0.05, 0.1) is 11.1 Å². The third kappa shape index (κ3) is 5.00. The van der Waals surface area contributed by atoms with E-state index in [-0.39, 0.29) is 5.91 Å². The number of benzene rings is 1. The van der Waals surface area contributed by atoms with Gasteiger partial charge in [0.2, 0.25) is 5.91 Å². The molecule has 0 unspecified atom stereocenters. The molecular weight excluding hydrogens is 455 g/mol. The van der Waals surface area contributed by atoms with Crippen LogP contribution in [0.2, 0.25) is 0 Å². The number of amides is 1. The lowest BCUT2D eigenvalue weighted by atomic mass is 10.1. The van der Waals surface area contributed by atoms with Crippen LogP contribution >= 0.6 is 46.2 Å². The first kappa shape index (κ1) is 21.2. The molecule has 6 nitrogen and oxygen atoms in total. The lowest BCUT2D eigenvalue weighted by Gasteiger charge is -2.04. The summed E-state index contributed by atoms with van der Waals surface area (Å²) in [6.45, 7) is 4.81. The highest BCUT2D eigenvalue weighted by atomic mass is 32.2. The predicted octanol–water partition coefficient (Wildman–Crippen LogP) is 5.29. The summed E-state index contributed by atoms with van der Waals surface area (Å²) in [7, 11) is 0. The van der Waals surface area contributed by atoms with Gasteiger partial charge in [0.15, 0.2) is 8.68 Å². The molecule has 30 heavy (non-hydrogen) atoms. The Kier molecular flexibility index (Phi) is 6.98. The molecule has 1 N–H and O–H groups in total. The Labute approximate surface area is 191 Å². The van der Waals surface area contributed by atoms with E-state index in [4.69, 9.17) is 0 Å². The van der Waals surface area contributed by atoms with E-state index in [9.17, 15) is 4.79 Å². The lowest BCUT2D eigenvalue weighted by Crippen LogP contribution is -2.25. The number of aromatic nitrogens is 4. The van der Waals surface area contributed by atoms with Crippen LogP contribution in [-0.2, 0) is 4.79 Å². The number of nitrogens with one attached hydrogen (secondary N) is 1.